The van der Waals surface area contributed by atoms with E-state index in [1.165, 1.54) is 25.9 Å². The Morgan fingerprint density at radius 2 is 1.70 bits per heavy atom. The minimum absolute atomic E-state index is 0.504. The van der Waals surface area contributed by atoms with Crippen LogP contribution in [-0.2, 0) is 9.53 Å². The zero-order valence-corrected chi connectivity index (χ0v) is 17.4. The largest absolute Gasteiger partial charge is 0.479 e. The lowest BCUT2D eigenvalue weighted by Crippen LogP contribution is -2.38. The summed E-state index contributed by atoms with van der Waals surface area (Å²) in [5.41, 5.74) is 0.856. The average Bonchev–Trinajstić information content (AvgIpc) is 2.55. The fourth-order valence-corrected chi connectivity index (χ4v) is 2.61. The first-order valence-electron chi connectivity index (χ1n) is 9.45. The number of carboxylic acid groups (broad SMARTS) is 1. The van der Waals surface area contributed by atoms with Crippen molar-refractivity contribution in [2.75, 3.05) is 20.1 Å². The molecule has 1 aromatic rings. The number of hydrogen-bond acceptors (Lipinski definition) is 4. The number of benzene rings is 1. The number of aryl methyl sites for hydroxylation is 1. The summed E-state index contributed by atoms with van der Waals surface area (Å²) in [6, 6.07) is 5.82. The van der Waals surface area contributed by atoms with Crippen molar-refractivity contribution in [3.8, 4) is 0 Å². The first-order valence-corrected chi connectivity index (χ1v) is 9.45. The second-order valence-electron chi connectivity index (χ2n) is 8.31. The third-order valence-electron chi connectivity index (χ3n) is 4.33. The van der Waals surface area contributed by atoms with Crippen molar-refractivity contribution in [3.05, 3.63) is 35.4 Å². The molecular weight excluding hydrogens is 344 g/mol. The van der Waals surface area contributed by atoms with Crippen molar-refractivity contribution in [2.45, 2.75) is 59.1 Å². The molecule has 1 saturated heterocycles. The zero-order valence-electron chi connectivity index (χ0n) is 17.4. The van der Waals surface area contributed by atoms with Crippen LogP contribution in [0, 0.1) is 12.8 Å². The molecule has 152 valence electrons. The van der Waals surface area contributed by atoms with Gasteiger partial charge in [-0.05, 0) is 72.2 Å². The molecule has 1 atom stereocenters. The number of nitrogens with zero attached hydrogens (tertiary/aromatic N) is 1. The van der Waals surface area contributed by atoms with Crippen molar-refractivity contribution in [1.82, 2.24) is 10.2 Å². The van der Waals surface area contributed by atoms with E-state index in [9.17, 15) is 14.7 Å². The van der Waals surface area contributed by atoms with Gasteiger partial charge in [0.1, 0.15) is 5.60 Å². The van der Waals surface area contributed by atoms with Gasteiger partial charge in [-0.3, -0.25) is 0 Å². The Labute approximate surface area is 162 Å². The molecule has 0 radical (unpaired) electrons. The fourth-order valence-electron chi connectivity index (χ4n) is 2.61. The van der Waals surface area contributed by atoms with E-state index in [2.05, 4.69) is 24.2 Å². The van der Waals surface area contributed by atoms with Crippen LogP contribution in [0.5, 0.6) is 0 Å². The Kier molecular flexibility index (Phi) is 8.76. The summed E-state index contributed by atoms with van der Waals surface area (Å²) < 4.78 is 5.05. The molecule has 0 bridgehead atoms. The second kappa shape index (κ2) is 10.3. The van der Waals surface area contributed by atoms with Crippen LogP contribution in [-0.4, -0.2) is 47.8 Å². The quantitative estimate of drug-likeness (QED) is 0.831. The van der Waals surface area contributed by atoms with Gasteiger partial charge in [-0.2, -0.15) is 0 Å². The van der Waals surface area contributed by atoms with Crippen molar-refractivity contribution < 1.29 is 19.4 Å². The van der Waals surface area contributed by atoms with Gasteiger partial charge in [0.15, 0.2) is 6.04 Å². The Morgan fingerprint density at radius 3 is 2.11 bits per heavy atom. The number of likely N-dealkylation sites (tertiary alicyclic amines) is 1. The Hall–Kier alpha value is -2.08. The molecule has 1 fully saturated rings. The SMILES string of the molecule is CC1CCN(C)CC1.Cc1ccc(C(NC(=O)OC(C)(C)C)C(=O)O)cc1. The van der Waals surface area contributed by atoms with Crippen LogP contribution in [0.25, 0.3) is 0 Å². The number of piperidine rings is 1. The maximum Gasteiger partial charge on any atom is 0.408 e. The number of carbonyl (C=O) groups excluding carboxylic acids is 1. The van der Waals surface area contributed by atoms with Crippen molar-refractivity contribution in [2.24, 2.45) is 5.92 Å². The van der Waals surface area contributed by atoms with E-state index in [1.807, 2.05) is 6.92 Å². The topological polar surface area (TPSA) is 78.9 Å². The summed E-state index contributed by atoms with van der Waals surface area (Å²) in [7, 11) is 2.20. The molecule has 2 N–H and O–H groups in total. The second-order valence-corrected chi connectivity index (χ2v) is 8.31. The summed E-state index contributed by atoms with van der Waals surface area (Å²) in [6.07, 6.45) is 2.05. The van der Waals surface area contributed by atoms with Gasteiger partial charge in [-0.15, -0.1) is 0 Å². The third-order valence-corrected chi connectivity index (χ3v) is 4.33. The number of alkyl carbamates (subject to hydrolysis) is 1. The van der Waals surface area contributed by atoms with Crippen LogP contribution >= 0.6 is 0 Å². The monoisotopic (exact) mass is 378 g/mol. The van der Waals surface area contributed by atoms with E-state index in [1.54, 1.807) is 45.0 Å². The Bertz CT molecular complexity index is 590. The Morgan fingerprint density at radius 1 is 1.19 bits per heavy atom. The average molecular weight is 379 g/mol. The van der Waals surface area contributed by atoms with Gasteiger partial charge < -0.3 is 20.1 Å². The van der Waals surface area contributed by atoms with E-state index in [-0.39, 0.29) is 0 Å². The molecule has 1 aliphatic rings. The van der Waals surface area contributed by atoms with E-state index in [4.69, 9.17) is 4.74 Å². The lowest BCUT2D eigenvalue weighted by Gasteiger charge is -2.26. The van der Waals surface area contributed by atoms with Gasteiger partial charge in [-0.25, -0.2) is 9.59 Å². The number of amides is 1. The summed E-state index contributed by atoms with van der Waals surface area (Å²) in [5, 5.41) is 11.5. The van der Waals surface area contributed by atoms with Crippen molar-refractivity contribution in [3.63, 3.8) is 0 Å². The highest BCUT2D eigenvalue weighted by molar-refractivity contribution is 5.81. The molecule has 0 aliphatic carbocycles. The first kappa shape index (κ1) is 23.0. The van der Waals surface area contributed by atoms with E-state index in [0.29, 0.717) is 5.56 Å². The van der Waals surface area contributed by atoms with Crippen LogP contribution in [0.1, 0.15) is 57.7 Å². The first-order chi connectivity index (χ1) is 12.5. The Balaban J connectivity index is 0.000000377. The van der Waals surface area contributed by atoms with Gasteiger partial charge in [0, 0.05) is 0 Å². The van der Waals surface area contributed by atoms with Crippen LogP contribution in [0.2, 0.25) is 0 Å². The number of carboxylic acids is 1. The number of rotatable bonds is 3. The van der Waals surface area contributed by atoms with Gasteiger partial charge in [0.25, 0.3) is 0 Å². The smallest absolute Gasteiger partial charge is 0.408 e. The van der Waals surface area contributed by atoms with Gasteiger partial charge >= 0.3 is 12.1 Å². The summed E-state index contributed by atoms with van der Waals surface area (Å²) in [4.78, 5) is 25.2. The van der Waals surface area contributed by atoms with Gasteiger partial charge in [0.05, 0.1) is 0 Å². The number of ether oxygens (including phenoxy) is 1. The maximum atomic E-state index is 11.6. The zero-order chi connectivity index (χ0) is 20.6. The highest BCUT2D eigenvalue weighted by Crippen LogP contribution is 2.16. The van der Waals surface area contributed by atoms with Crippen LogP contribution in [0.15, 0.2) is 24.3 Å². The van der Waals surface area contributed by atoms with E-state index >= 15 is 0 Å². The van der Waals surface area contributed by atoms with E-state index in [0.717, 1.165) is 11.5 Å². The minimum Gasteiger partial charge on any atom is -0.479 e. The van der Waals surface area contributed by atoms with E-state index < -0.39 is 23.7 Å². The van der Waals surface area contributed by atoms with Crippen LogP contribution in [0.4, 0.5) is 4.79 Å². The number of aliphatic carboxylic acids is 1. The molecule has 1 unspecified atom stereocenters. The van der Waals surface area contributed by atoms with Crippen LogP contribution in [0.3, 0.4) is 0 Å². The maximum absolute atomic E-state index is 11.6. The lowest BCUT2D eigenvalue weighted by molar-refractivity contribution is -0.139. The van der Waals surface area contributed by atoms with Gasteiger partial charge in [-0.1, -0.05) is 36.8 Å². The molecule has 0 spiro atoms. The van der Waals surface area contributed by atoms with Crippen molar-refractivity contribution in [1.29, 1.82) is 0 Å². The molecule has 1 heterocycles. The molecule has 2 rings (SSSR count). The van der Waals surface area contributed by atoms with Gasteiger partial charge in [0.2, 0.25) is 0 Å². The molecule has 0 aromatic heterocycles. The summed E-state index contributed by atoms with van der Waals surface area (Å²) >= 11 is 0. The standard InChI is InChI=1S/C14H19NO4.C7H15N/c1-9-5-7-10(8-6-9)11(12(16)17)15-13(18)19-14(2,3)4;1-7-3-5-8(2)6-4-7/h5-8,11H,1-4H3,(H,15,18)(H,16,17);7H,3-6H2,1-2H3. The molecular formula is C21H34N2O4. The van der Waals surface area contributed by atoms with Crippen LogP contribution < -0.4 is 5.32 Å². The molecule has 27 heavy (non-hydrogen) atoms. The molecule has 6 nitrogen and oxygen atoms in total. The summed E-state index contributed by atoms with van der Waals surface area (Å²) in [5.74, 6) is -0.152. The fraction of sp³-hybridized carbons (Fsp3) is 0.619. The predicted octanol–water partition coefficient (Wildman–Crippen LogP) is 3.99. The lowest BCUT2D eigenvalue weighted by atomic mass is 10.00. The normalized spacial score (nSPS) is 16.7. The predicted molar refractivity (Wildman–Crippen MR) is 107 cm³/mol. The highest BCUT2D eigenvalue weighted by atomic mass is 16.6. The van der Waals surface area contributed by atoms with Crippen molar-refractivity contribution >= 4 is 12.1 Å². The molecule has 1 amide bonds. The number of carbonyl (C=O) groups is 2. The number of nitrogens with one attached hydrogen (secondary N) is 1. The third kappa shape index (κ3) is 9.43. The molecule has 1 aromatic carbocycles. The molecule has 1 aliphatic heterocycles. The number of hydrogen-bond donors (Lipinski definition) is 2. The summed E-state index contributed by atoms with van der Waals surface area (Å²) in [6.45, 7) is 12.0. The molecule has 0 saturated carbocycles. The minimum atomic E-state index is -1.13. The molecule has 6 heteroatoms. The highest BCUT2D eigenvalue weighted by Gasteiger charge is 2.25.